The lowest BCUT2D eigenvalue weighted by Crippen LogP contribution is -2.19. The molecule has 1 aliphatic carbocycles. The zero-order valence-corrected chi connectivity index (χ0v) is 11.6. The zero-order valence-electron chi connectivity index (χ0n) is 11.6. The van der Waals surface area contributed by atoms with Gasteiger partial charge in [0.2, 0.25) is 5.88 Å². The molecule has 3 N–H and O–H groups in total. The van der Waals surface area contributed by atoms with Crippen LogP contribution in [0.4, 0.5) is 5.69 Å². The molecule has 1 fully saturated rings. The van der Waals surface area contributed by atoms with Gasteiger partial charge in [-0.3, -0.25) is 10.1 Å². The molecule has 0 saturated heterocycles. The second-order valence-corrected chi connectivity index (χ2v) is 5.07. The fraction of sp³-hybridized carbons (Fsp3) is 0.538. The Morgan fingerprint density at radius 1 is 1.48 bits per heavy atom. The van der Waals surface area contributed by atoms with Gasteiger partial charge in [0, 0.05) is 12.1 Å². The predicted octanol–water partition coefficient (Wildman–Crippen LogP) is 2.04. The van der Waals surface area contributed by atoms with E-state index in [-0.39, 0.29) is 17.3 Å². The predicted molar refractivity (Wildman–Crippen MR) is 75.5 cm³/mol. The first-order valence-corrected chi connectivity index (χ1v) is 6.88. The number of amidine groups is 1. The van der Waals surface area contributed by atoms with Gasteiger partial charge in [0.25, 0.3) is 5.69 Å². The first kappa shape index (κ1) is 15.0. The standard InChI is InChI=1S/C13H18N4O4/c14-13(16-18)12-10(17(19)20)6-7-11(15-12)21-8-9-4-2-1-3-5-9/h6-7,9,18H,1-5,8H2,(H2,14,16). The molecular formula is C13H18N4O4. The molecule has 0 bridgehead atoms. The van der Waals surface area contributed by atoms with Gasteiger partial charge in [-0.15, -0.1) is 0 Å². The summed E-state index contributed by atoms with van der Waals surface area (Å²) in [6.07, 6.45) is 5.92. The van der Waals surface area contributed by atoms with Crippen molar-refractivity contribution in [1.29, 1.82) is 0 Å². The molecular weight excluding hydrogens is 276 g/mol. The minimum atomic E-state index is -0.634. The summed E-state index contributed by atoms with van der Waals surface area (Å²) < 4.78 is 5.59. The molecule has 1 aliphatic rings. The number of nitrogens with zero attached hydrogens (tertiary/aromatic N) is 3. The molecule has 8 heteroatoms. The number of nitrogens with two attached hydrogens (primary N) is 1. The lowest BCUT2D eigenvalue weighted by Gasteiger charge is -2.21. The van der Waals surface area contributed by atoms with E-state index in [1.807, 2.05) is 0 Å². The Labute approximate surface area is 121 Å². The summed E-state index contributed by atoms with van der Waals surface area (Å²) in [6.45, 7) is 0.528. The summed E-state index contributed by atoms with van der Waals surface area (Å²) in [5, 5.41) is 22.3. The van der Waals surface area contributed by atoms with Crippen LogP contribution in [0, 0.1) is 16.0 Å². The average Bonchev–Trinajstić information content (AvgIpc) is 2.52. The monoisotopic (exact) mass is 294 g/mol. The fourth-order valence-electron chi connectivity index (χ4n) is 2.45. The van der Waals surface area contributed by atoms with Gasteiger partial charge < -0.3 is 15.7 Å². The number of aromatic nitrogens is 1. The van der Waals surface area contributed by atoms with Gasteiger partial charge >= 0.3 is 0 Å². The van der Waals surface area contributed by atoms with Crippen molar-refractivity contribution in [1.82, 2.24) is 4.98 Å². The van der Waals surface area contributed by atoms with Crippen molar-refractivity contribution in [3.63, 3.8) is 0 Å². The molecule has 21 heavy (non-hydrogen) atoms. The highest BCUT2D eigenvalue weighted by atomic mass is 16.6. The van der Waals surface area contributed by atoms with Crippen molar-refractivity contribution >= 4 is 11.5 Å². The number of ether oxygens (including phenoxy) is 1. The second kappa shape index (κ2) is 6.87. The van der Waals surface area contributed by atoms with Gasteiger partial charge in [0.05, 0.1) is 11.5 Å². The van der Waals surface area contributed by atoms with Crippen molar-refractivity contribution in [3.05, 3.63) is 27.9 Å². The summed E-state index contributed by atoms with van der Waals surface area (Å²) in [5.41, 5.74) is 4.90. The van der Waals surface area contributed by atoms with Gasteiger partial charge in [-0.2, -0.15) is 0 Å². The number of oxime groups is 1. The summed E-state index contributed by atoms with van der Waals surface area (Å²) in [5.74, 6) is 0.320. The molecule has 1 aromatic rings. The van der Waals surface area contributed by atoms with E-state index in [2.05, 4.69) is 10.1 Å². The molecule has 0 aromatic carbocycles. The van der Waals surface area contributed by atoms with Crippen LogP contribution in [0.5, 0.6) is 5.88 Å². The third kappa shape index (κ3) is 3.80. The Hall–Kier alpha value is -2.38. The average molecular weight is 294 g/mol. The first-order chi connectivity index (χ1) is 10.1. The maximum Gasteiger partial charge on any atom is 0.299 e. The summed E-state index contributed by atoms with van der Waals surface area (Å²) in [6, 6.07) is 2.67. The van der Waals surface area contributed by atoms with E-state index in [4.69, 9.17) is 15.7 Å². The van der Waals surface area contributed by atoms with E-state index in [0.29, 0.717) is 12.5 Å². The molecule has 0 spiro atoms. The van der Waals surface area contributed by atoms with E-state index in [1.165, 1.54) is 31.4 Å². The van der Waals surface area contributed by atoms with Crippen molar-refractivity contribution < 1.29 is 14.9 Å². The molecule has 2 rings (SSSR count). The Morgan fingerprint density at radius 2 is 2.19 bits per heavy atom. The lowest BCUT2D eigenvalue weighted by molar-refractivity contribution is -0.385. The maximum atomic E-state index is 10.9. The number of nitro groups is 1. The van der Waals surface area contributed by atoms with Gasteiger partial charge in [-0.25, -0.2) is 4.98 Å². The molecule has 0 aliphatic heterocycles. The Kier molecular flexibility index (Phi) is 4.91. The summed E-state index contributed by atoms with van der Waals surface area (Å²) in [7, 11) is 0. The number of hydrogen-bond donors (Lipinski definition) is 2. The van der Waals surface area contributed by atoms with Gasteiger partial charge in [-0.05, 0) is 18.8 Å². The Morgan fingerprint density at radius 3 is 2.81 bits per heavy atom. The van der Waals surface area contributed by atoms with Crippen LogP contribution in [-0.2, 0) is 0 Å². The van der Waals surface area contributed by atoms with Crippen LogP contribution in [0.1, 0.15) is 37.8 Å². The fourth-order valence-corrected chi connectivity index (χ4v) is 2.45. The van der Waals surface area contributed by atoms with E-state index in [0.717, 1.165) is 12.8 Å². The van der Waals surface area contributed by atoms with Crippen LogP contribution in [-0.4, -0.2) is 27.6 Å². The molecule has 1 aromatic heterocycles. The van der Waals surface area contributed by atoms with Crippen LogP contribution in [0.25, 0.3) is 0 Å². The Bertz CT molecular complexity index is 541. The van der Waals surface area contributed by atoms with Crippen LogP contribution >= 0.6 is 0 Å². The largest absolute Gasteiger partial charge is 0.477 e. The second-order valence-electron chi connectivity index (χ2n) is 5.07. The third-order valence-corrected chi connectivity index (χ3v) is 3.59. The molecule has 0 atom stereocenters. The normalized spacial score (nSPS) is 16.7. The highest BCUT2D eigenvalue weighted by Gasteiger charge is 2.21. The lowest BCUT2D eigenvalue weighted by atomic mass is 9.90. The van der Waals surface area contributed by atoms with E-state index in [1.54, 1.807) is 0 Å². The van der Waals surface area contributed by atoms with E-state index < -0.39 is 10.8 Å². The topological polar surface area (TPSA) is 124 Å². The molecule has 1 saturated carbocycles. The molecule has 0 unspecified atom stereocenters. The minimum absolute atomic E-state index is 0.191. The van der Waals surface area contributed by atoms with Crippen molar-refractivity contribution in [2.24, 2.45) is 16.8 Å². The zero-order chi connectivity index (χ0) is 15.2. The van der Waals surface area contributed by atoms with Crippen LogP contribution < -0.4 is 10.5 Å². The van der Waals surface area contributed by atoms with Crippen LogP contribution in [0.2, 0.25) is 0 Å². The smallest absolute Gasteiger partial charge is 0.299 e. The van der Waals surface area contributed by atoms with E-state index in [9.17, 15) is 10.1 Å². The molecule has 8 nitrogen and oxygen atoms in total. The maximum absolute atomic E-state index is 10.9. The quantitative estimate of drug-likeness (QED) is 0.281. The van der Waals surface area contributed by atoms with Crippen LogP contribution in [0.15, 0.2) is 17.3 Å². The molecule has 0 radical (unpaired) electrons. The Balaban J connectivity index is 2.11. The SMILES string of the molecule is N/C(=N/O)c1nc(OCC2CCCCC2)ccc1[N+](=O)[O-]. The number of rotatable bonds is 5. The molecule has 1 heterocycles. The number of hydrogen-bond acceptors (Lipinski definition) is 6. The molecule has 0 amide bonds. The van der Waals surface area contributed by atoms with E-state index >= 15 is 0 Å². The van der Waals surface area contributed by atoms with Gasteiger partial charge in [-0.1, -0.05) is 24.4 Å². The third-order valence-electron chi connectivity index (χ3n) is 3.59. The van der Waals surface area contributed by atoms with Gasteiger partial charge in [0.1, 0.15) is 0 Å². The van der Waals surface area contributed by atoms with Gasteiger partial charge in [0.15, 0.2) is 11.5 Å². The number of pyridine rings is 1. The summed E-state index contributed by atoms with van der Waals surface area (Å²) in [4.78, 5) is 14.2. The highest BCUT2D eigenvalue weighted by molar-refractivity contribution is 5.98. The summed E-state index contributed by atoms with van der Waals surface area (Å²) >= 11 is 0. The van der Waals surface area contributed by atoms with Crippen molar-refractivity contribution in [3.8, 4) is 5.88 Å². The van der Waals surface area contributed by atoms with Crippen LogP contribution in [0.3, 0.4) is 0 Å². The van der Waals surface area contributed by atoms with Crippen molar-refractivity contribution in [2.45, 2.75) is 32.1 Å². The minimum Gasteiger partial charge on any atom is -0.477 e. The highest BCUT2D eigenvalue weighted by Crippen LogP contribution is 2.25. The van der Waals surface area contributed by atoms with Crippen molar-refractivity contribution in [2.75, 3.05) is 6.61 Å². The molecule has 114 valence electrons. The first-order valence-electron chi connectivity index (χ1n) is 6.88.